The van der Waals surface area contributed by atoms with Crippen molar-refractivity contribution in [2.75, 3.05) is 39.3 Å². The lowest BCUT2D eigenvalue weighted by Gasteiger charge is -2.21. The Morgan fingerprint density at radius 1 is 0.758 bits per heavy atom. The summed E-state index contributed by atoms with van der Waals surface area (Å²) in [5, 5.41) is 9.58. The van der Waals surface area contributed by atoms with Gasteiger partial charge < -0.3 is 19.8 Å². The fraction of sp³-hybridized carbons (Fsp3) is 0.556. The summed E-state index contributed by atoms with van der Waals surface area (Å²) in [6.45, 7) is 7.65. The first-order valence-corrected chi connectivity index (χ1v) is 12.7. The van der Waals surface area contributed by atoms with Crippen LogP contribution in [0.3, 0.4) is 0 Å². The Bertz CT molecular complexity index is 924. The zero-order chi connectivity index (χ0) is 23.2. The van der Waals surface area contributed by atoms with Crippen LogP contribution in [0.4, 0.5) is 0 Å². The number of benzene rings is 1. The van der Waals surface area contributed by atoms with E-state index in [1.165, 1.54) is 51.0 Å². The fourth-order valence-electron chi connectivity index (χ4n) is 4.27. The molecule has 1 N–H and O–H groups in total. The molecule has 0 saturated carbocycles. The summed E-state index contributed by atoms with van der Waals surface area (Å²) in [6.07, 6.45) is 11.8. The lowest BCUT2D eigenvalue weighted by Crippen LogP contribution is -2.29. The normalized spacial score (nSPS) is 18.8. The third-order valence-corrected chi connectivity index (χ3v) is 6.53. The first-order chi connectivity index (χ1) is 16.1. The Morgan fingerprint density at radius 2 is 1.33 bits per heavy atom. The molecule has 33 heavy (non-hydrogen) atoms. The van der Waals surface area contributed by atoms with E-state index >= 15 is 0 Å². The number of para-hydroxylation sites is 1. The van der Waals surface area contributed by atoms with Crippen LogP contribution in [-0.4, -0.2) is 70.6 Å². The lowest BCUT2D eigenvalue weighted by molar-refractivity contribution is -0.117. The van der Waals surface area contributed by atoms with Gasteiger partial charge in [-0.25, -0.2) is 0 Å². The molecule has 0 aromatic heterocycles. The molecule has 1 aromatic rings. The third-order valence-electron chi connectivity index (χ3n) is 6.53. The van der Waals surface area contributed by atoms with Gasteiger partial charge in [0.15, 0.2) is 0 Å². The standard InChI is InChI=1S/C15H24O.C12H13N3O2/c1-2-3-4-5-6-7-8-11-14-12-9-10-13-15(14)16;16-9-7-8(13-1-2-13)12(17)11(15-5-6-15)10(9)14-3-4-14/h9-10,12-13,16H,2-8,11H2,1H3;7H,1-6H2. The lowest BCUT2D eigenvalue weighted by atomic mass is 10.0. The predicted molar refractivity (Wildman–Crippen MR) is 130 cm³/mol. The molecule has 6 nitrogen and oxygen atoms in total. The van der Waals surface area contributed by atoms with Gasteiger partial charge in [-0.05, 0) is 24.5 Å². The molecule has 0 radical (unpaired) electrons. The zero-order valence-corrected chi connectivity index (χ0v) is 19.9. The number of phenols is 1. The second-order valence-corrected chi connectivity index (χ2v) is 9.38. The Balaban J connectivity index is 0.000000158. The Labute approximate surface area is 197 Å². The summed E-state index contributed by atoms with van der Waals surface area (Å²) in [6, 6.07) is 7.67. The number of ketones is 2. The topological polar surface area (TPSA) is 63.4 Å². The van der Waals surface area contributed by atoms with E-state index in [4.69, 9.17) is 0 Å². The maximum atomic E-state index is 12.4. The number of phenolic OH excluding ortho intramolecular Hbond substituents is 1. The number of allylic oxidation sites excluding steroid dienone is 1. The number of rotatable bonds is 11. The van der Waals surface area contributed by atoms with Crippen LogP contribution in [0.25, 0.3) is 0 Å². The maximum absolute atomic E-state index is 12.4. The van der Waals surface area contributed by atoms with Gasteiger partial charge in [0.25, 0.3) is 0 Å². The molecule has 1 aromatic carbocycles. The third kappa shape index (κ3) is 6.40. The monoisotopic (exact) mass is 451 g/mol. The van der Waals surface area contributed by atoms with Crippen molar-refractivity contribution in [2.45, 2.75) is 58.3 Å². The van der Waals surface area contributed by atoms with E-state index in [1.54, 1.807) is 6.07 Å². The molecule has 0 amide bonds. The number of unbranched alkanes of at least 4 members (excludes halogenated alkanes) is 6. The molecule has 3 heterocycles. The minimum absolute atomic E-state index is 0.00546. The van der Waals surface area contributed by atoms with Gasteiger partial charge in [0.2, 0.25) is 11.6 Å². The highest BCUT2D eigenvalue weighted by atomic mass is 16.3. The van der Waals surface area contributed by atoms with E-state index in [2.05, 4.69) is 6.92 Å². The smallest absolute Gasteiger partial charge is 0.227 e. The van der Waals surface area contributed by atoms with E-state index < -0.39 is 0 Å². The van der Waals surface area contributed by atoms with Crippen molar-refractivity contribution >= 4 is 11.6 Å². The summed E-state index contributed by atoms with van der Waals surface area (Å²) in [7, 11) is 0. The van der Waals surface area contributed by atoms with Crippen molar-refractivity contribution in [1.82, 2.24) is 14.7 Å². The molecule has 3 fully saturated rings. The van der Waals surface area contributed by atoms with Crippen molar-refractivity contribution in [1.29, 1.82) is 0 Å². The minimum atomic E-state index is 0.00546. The van der Waals surface area contributed by atoms with Crippen LogP contribution in [-0.2, 0) is 16.0 Å². The summed E-state index contributed by atoms with van der Waals surface area (Å²) < 4.78 is 0. The molecule has 0 bridgehead atoms. The van der Waals surface area contributed by atoms with Crippen LogP contribution in [0.2, 0.25) is 0 Å². The fourth-order valence-corrected chi connectivity index (χ4v) is 4.27. The number of hydrogen-bond donors (Lipinski definition) is 1. The number of Topliss-reactive ketones (excluding diaryl/α,β-unsaturated/α-hetero) is 1. The van der Waals surface area contributed by atoms with Crippen molar-refractivity contribution in [3.63, 3.8) is 0 Å². The number of carbonyl (C=O) groups excluding carboxylic acids is 2. The first kappa shape index (κ1) is 23.4. The van der Waals surface area contributed by atoms with Gasteiger partial charge >= 0.3 is 0 Å². The average Bonchev–Trinajstić information content (AvgIpc) is 3.63. The molecule has 0 atom stereocenters. The molecule has 5 rings (SSSR count). The number of nitrogens with zero attached hydrogens (tertiary/aromatic N) is 3. The van der Waals surface area contributed by atoms with E-state index in [-0.39, 0.29) is 11.6 Å². The Kier molecular flexibility index (Phi) is 7.73. The second-order valence-electron chi connectivity index (χ2n) is 9.38. The van der Waals surface area contributed by atoms with E-state index in [1.807, 2.05) is 32.9 Å². The molecule has 0 spiro atoms. The highest BCUT2D eigenvalue weighted by molar-refractivity contribution is 6.22. The van der Waals surface area contributed by atoms with Crippen LogP contribution in [0.15, 0.2) is 47.4 Å². The SMILES string of the molecule is CCCCCCCCCc1ccccc1O.O=C1C=C(N2CC2)C(=O)C(N2CC2)=C1N1CC1. The van der Waals surface area contributed by atoms with Crippen molar-refractivity contribution in [3.05, 3.63) is 53.0 Å². The molecule has 1 aliphatic carbocycles. The maximum Gasteiger partial charge on any atom is 0.227 e. The molecule has 3 aliphatic heterocycles. The van der Waals surface area contributed by atoms with E-state index in [0.29, 0.717) is 22.8 Å². The van der Waals surface area contributed by atoms with Crippen LogP contribution < -0.4 is 0 Å². The van der Waals surface area contributed by atoms with E-state index in [0.717, 1.165) is 51.3 Å². The predicted octanol–water partition coefficient (Wildman–Crippen LogP) is 3.87. The molecular formula is C27H37N3O3. The van der Waals surface area contributed by atoms with Gasteiger partial charge in [0, 0.05) is 45.3 Å². The van der Waals surface area contributed by atoms with Crippen LogP contribution in [0, 0.1) is 0 Å². The highest BCUT2D eigenvalue weighted by Gasteiger charge is 2.43. The van der Waals surface area contributed by atoms with Gasteiger partial charge in [-0.3, -0.25) is 9.59 Å². The highest BCUT2D eigenvalue weighted by Crippen LogP contribution is 2.33. The van der Waals surface area contributed by atoms with Gasteiger partial charge in [-0.2, -0.15) is 0 Å². The second kappa shape index (κ2) is 10.9. The molecule has 6 heteroatoms. The number of hydrogen-bond acceptors (Lipinski definition) is 6. The van der Waals surface area contributed by atoms with Gasteiger partial charge in [-0.1, -0.05) is 63.6 Å². The molecule has 0 unspecified atom stereocenters. The van der Waals surface area contributed by atoms with Gasteiger partial charge in [-0.15, -0.1) is 0 Å². The largest absolute Gasteiger partial charge is 0.508 e. The molecule has 178 valence electrons. The summed E-state index contributed by atoms with van der Waals surface area (Å²) in [4.78, 5) is 30.5. The summed E-state index contributed by atoms with van der Waals surface area (Å²) in [5.41, 5.74) is 2.98. The molecular weight excluding hydrogens is 414 g/mol. The number of aromatic hydroxyl groups is 1. The Hall–Kier alpha value is -2.76. The minimum Gasteiger partial charge on any atom is -0.508 e. The molecule has 3 saturated heterocycles. The number of aryl methyl sites for hydroxylation is 1. The molecule has 4 aliphatic rings. The van der Waals surface area contributed by atoms with Gasteiger partial charge in [0.05, 0.1) is 5.70 Å². The van der Waals surface area contributed by atoms with Crippen molar-refractivity contribution < 1.29 is 14.7 Å². The van der Waals surface area contributed by atoms with Crippen LogP contribution in [0.5, 0.6) is 5.75 Å². The summed E-state index contributed by atoms with van der Waals surface area (Å²) >= 11 is 0. The van der Waals surface area contributed by atoms with Crippen LogP contribution >= 0.6 is 0 Å². The summed E-state index contributed by atoms with van der Waals surface area (Å²) in [5.74, 6) is 0.501. The van der Waals surface area contributed by atoms with Crippen LogP contribution in [0.1, 0.15) is 57.4 Å². The van der Waals surface area contributed by atoms with Gasteiger partial charge in [0.1, 0.15) is 17.1 Å². The zero-order valence-electron chi connectivity index (χ0n) is 19.9. The number of carbonyl (C=O) groups is 2. The van der Waals surface area contributed by atoms with Crippen molar-refractivity contribution in [2.24, 2.45) is 0 Å². The Morgan fingerprint density at radius 3 is 1.94 bits per heavy atom. The first-order valence-electron chi connectivity index (χ1n) is 12.7. The van der Waals surface area contributed by atoms with E-state index in [9.17, 15) is 14.7 Å². The quantitative estimate of drug-likeness (QED) is 0.313. The van der Waals surface area contributed by atoms with Crippen molar-refractivity contribution in [3.8, 4) is 5.75 Å². The average molecular weight is 452 g/mol.